The number of carbonyl (C=O) groups excluding carboxylic acids is 1. The monoisotopic (exact) mass is 379 g/mol. The summed E-state index contributed by atoms with van der Waals surface area (Å²) in [4.78, 5) is 24.7. The molecule has 0 fully saturated rings. The van der Waals surface area contributed by atoms with Gasteiger partial charge in [-0.1, -0.05) is 29.8 Å². The van der Waals surface area contributed by atoms with Crippen molar-refractivity contribution in [2.24, 2.45) is 0 Å². The topological polar surface area (TPSA) is 112 Å². The number of anilines is 3. The first-order valence-electron chi connectivity index (χ1n) is 8.61. The van der Waals surface area contributed by atoms with Crippen LogP contribution in [-0.4, -0.2) is 28.0 Å². The average molecular weight is 379 g/mol. The van der Waals surface area contributed by atoms with Crippen LogP contribution < -0.4 is 15.8 Å². The number of nitrogen functional groups attached to an aromatic ring is 1. The van der Waals surface area contributed by atoms with Gasteiger partial charge in [-0.3, -0.25) is 0 Å². The molecule has 3 N–H and O–H groups in total. The van der Waals surface area contributed by atoms with E-state index < -0.39 is 5.97 Å². The van der Waals surface area contributed by atoms with Gasteiger partial charge in [0.15, 0.2) is 12.4 Å². The van der Waals surface area contributed by atoms with Gasteiger partial charge in [-0.2, -0.15) is 15.0 Å². The summed E-state index contributed by atoms with van der Waals surface area (Å²) in [6.45, 7) is 3.64. The summed E-state index contributed by atoms with van der Waals surface area (Å²) < 4.78 is 10.6. The molecule has 0 aliphatic carbocycles. The normalized spacial score (nSPS) is 10.4. The molecule has 0 saturated heterocycles. The number of methoxy groups -OCH3 is 1. The highest BCUT2D eigenvalue weighted by molar-refractivity contribution is 5.91. The number of esters is 1. The van der Waals surface area contributed by atoms with Gasteiger partial charge in [0.2, 0.25) is 11.9 Å². The number of rotatable bonds is 6. The summed E-state index contributed by atoms with van der Waals surface area (Å²) >= 11 is 0. The Hall–Kier alpha value is -3.68. The Balaban J connectivity index is 1.74. The molecule has 1 aromatic heterocycles. The van der Waals surface area contributed by atoms with Crippen LogP contribution in [0.3, 0.4) is 0 Å². The Bertz CT molecular complexity index is 1010. The number of hydrogen-bond donors (Lipinski definition) is 2. The lowest BCUT2D eigenvalue weighted by Gasteiger charge is -2.11. The van der Waals surface area contributed by atoms with E-state index in [9.17, 15) is 4.79 Å². The fraction of sp³-hybridized carbons (Fsp3) is 0.200. The van der Waals surface area contributed by atoms with Gasteiger partial charge in [0, 0.05) is 0 Å². The van der Waals surface area contributed by atoms with Crippen molar-refractivity contribution in [1.29, 1.82) is 0 Å². The molecule has 0 unspecified atom stereocenters. The van der Waals surface area contributed by atoms with Crippen molar-refractivity contribution in [1.82, 2.24) is 15.0 Å². The van der Waals surface area contributed by atoms with Crippen molar-refractivity contribution in [3.8, 4) is 5.75 Å². The second kappa shape index (κ2) is 8.34. The number of hydrogen-bond acceptors (Lipinski definition) is 8. The van der Waals surface area contributed by atoms with E-state index in [4.69, 9.17) is 15.2 Å². The molecular formula is C20H21N5O3. The minimum Gasteiger partial charge on any atom is -0.495 e. The number of nitrogens with zero attached hydrogens (tertiary/aromatic N) is 3. The lowest BCUT2D eigenvalue weighted by molar-refractivity contribution is 0.0461. The predicted octanol–water partition coefficient (Wildman–Crippen LogP) is 3.18. The molecule has 0 radical (unpaired) electrons. The Labute approximate surface area is 162 Å². The van der Waals surface area contributed by atoms with Crippen LogP contribution in [-0.2, 0) is 11.3 Å². The highest BCUT2D eigenvalue weighted by atomic mass is 16.5. The first-order chi connectivity index (χ1) is 13.5. The fourth-order valence-electron chi connectivity index (χ4n) is 2.59. The molecule has 0 aliphatic rings. The highest BCUT2D eigenvalue weighted by Gasteiger charge is 2.13. The van der Waals surface area contributed by atoms with Crippen LogP contribution in [0.4, 0.5) is 17.6 Å². The van der Waals surface area contributed by atoms with Crippen LogP contribution in [0, 0.1) is 13.8 Å². The van der Waals surface area contributed by atoms with Crippen molar-refractivity contribution >= 4 is 23.6 Å². The number of benzene rings is 2. The van der Waals surface area contributed by atoms with E-state index in [1.165, 1.54) is 0 Å². The first kappa shape index (κ1) is 19.1. The van der Waals surface area contributed by atoms with Gasteiger partial charge in [0.05, 0.1) is 18.4 Å². The van der Waals surface area contributed by atoms with E-state index in [0.29, 0.717) is 17.0 Å². The van der Waals surface area contributed by atoms with Gasteiger partial charge in [-0.15, -0.1) is 0 Å². The van der Waals surface area contributed by atoms with Crippen molar-refractivity contribution in [3.63, 3.8) is 0 Å². The maximum absolute atomic E-state index is 12.4. The number of aromatic nitrogens is 3. The lowest BCUT2D eigenvalue weighted by atomic mass is 10.1. The minimum atomic E-state index is -0.445. The zero-order valence-electron chi connectivity index (χ0n) is 15.9. The second-order valence-electron chi connectivity index (χ2n) is 6.15. The number of para-hydroxylation sites is 2. The van der Waals surface area contributed by atoms with Crippen LogP contribution in [0.1, 0.15) is 27.3 Å². The average Bonchev–Trinajstić information content (AvgIpc) is 2.68. The molecule has 144 valence electrons. The molecule has 3 rings (SSSR count). The van der Waals surface area contributed by atoms with Crippen molar-refractivity contribution < 1.29 is 14.3 Å². The van der Waals surface area contributed by atoms with Crippen molar-refractivity contribution in [2.75, 3.05) is 18.2 Å². The molecular weight excluding hydrogens is 358 g/mol. The SMILES string of the molecule is COc1ccccc1Nc1nc(N)nc(COC(=O)c2cc(C)ccc2C)n1. The third-order valence-electron chi connectivity index (χ3n) is 4.00. The molecule has 8 heteroatoms. The van der Waals surface area contributed by atoms with Crippen LogP contribution in [0.25, 0.3) is 0 Å². The highest BCUT2D eigenvalue weighted by Crippen LogP contribution is 2.25. The first-order valence-corrected chi connectivity index (χ1v) is 8.61. The number of nitrogens with two attached hydrogens (primary N) is 1. The second-order valence-corrected chi connectivity index (χ2v) is 6.15. The molecule has 8 nitrogen and oxygen atoms in total. The largest absolute Gasteiger partial charge is 0.495 e. The maximum Gasteiger partial charge on any atom is 0.338 e. The van der Waals surface area contributed by atoms with Gasteiger partial charge in [0.25, 0.3) is 0 Å². The van der Waals surface area contributed by atoms with Gasteiger partial charge < -0.3 is 20.5 Å². The Morgan fingerprint density at radius 3 is 2.68 bits per heavy atom. The minimum absolute atomic E-state index is 0.0187. The summed E-state index contributed by atoms with van der Waals surface area (Å²) in [6.07, 6.45) is 0. The number of nitrogens with one attached hydrogen (secondary N) is 1. The number of aryl methyl sites for hydroxylation is 2. The molecule has 28 heavy (non-hydrogen) atoms. The molecule has 0 bridgehead atoms. The van der Waals surface area contributed by atoms with E-state index >= 15 is 0 Å². The Kier molecular flexibility index (Phi) is 5.69. The number of carbonyl (C=O) groups is 1. The van der Waals surface area contributed by atoms with E-state index in [1.54, 1.807) is 19.2 Å². The summed E-state index contributed by atoms with van der Waals surface area (Å²) in [5, 5.41) is 3.03. The van der Waals surface area contributed by atoms with Gasteiger partial charge >= 0.3 is 5.97 Å². The molecule has 1 heterocycles. The van der Waals surface area contributed by atoms with E-state index in [0.717, 1.165) is 11.1 Å². The van der Waals surface area contributed by atoms with Gasteiger partial charge in [0.1, 0.15) is 5.75 Å². The molecule has 0 atom stereocenters. The van der Waals surface area contributed by atoms with Crippen molar-refractivity contribution in [2.45, 2.75) is 20.5 Å². The third kappa shape index (κ3) is 4.53. The summed E-state index contributed by atoms with van der Waals surface area (Å²) in [5.41, 5.74) is 8.77. The standard InChI is InChI=1S/C20H21N5O3/c1-12-8-9-13(2)14(10-12)18(26)28-11-17-23-19(21)25-20(24-17)22-15-6-4-5-7-16(15)27-3/h4-10H,11H2,1-3H3,(H3,21,22,23,24,25). The molecule has 0 saturated carbocycles. The summed E-state index contributed by atoms with van der Waals surface area (Å²) in [7, 11) is 1.57. The molecule has 0 spiro atoms. The third-order valence-corrected chi connectivity index (χ3v) is 4.00. The van der Waals surface area contributed by atoms with E-state index in [2.05, 4.69) is 20.3 Å². The number of ether oxygens (including phenoxy) is 2. The van der Waals surface area contributed by atoms with Crippen molar-refractivity contribution in [3.05, 3.63) is 65.0 Å². The zero-order valence-corrected chi connectivity index (χ0v) is 15.9. The molecule has 2 aromatic carbocycles. The summed E-state index contributed by atoms with van der Waals surface area (Å²) in [5.74, 6) is 0.673. The van der Waals surface area contributed by atoms with E-state index in [-0.39, 0.29) is 24.3 Å². The lowest BCUT2D eigenvalue weighted by Crippen LogP contribution is -2.12. The quantitative estimate of drug-likeness (QED) is 0.628. The Morgan fingerprint density at radius 1 is 1.11 bits per heavy atom. The molecule has 0 aliphatic heterocycles. The van der Waals surface area contributed by atoms with Crippen LogP contribution >= 0.6 is 0 Å². The summed E-state index contributed by atoms with van der Waals surface area (Å²) in [6, 6.07) is 12.9. The van der Waals surface area contributed by atoms with Crippen LogP contribution in [0.15, 0.2) is 42.5 Å². The van der Waals surface area contributed by atoms with E-state index in [1.807, 2.05) is 44.2 Å². The van der Waals surface area contributed by atoms with Gasteiger partial charge in [-0.25, -0.2) is 4.79 Å². The molecule has 0 amide bonds. The zero-order chi connectivity index (χ0) is 20.1. The smallest absolute Gasteiger partial charge is 0.338 e. The fourth-order valence-corrected chi connectivity index (χ4v) is 2.59. The van der Waals surface area contributed by atoms with Crippen LogP contribution in [0.5, 0.6) is 5.75 Å². The van der Waals surface area contributed by atoms with Gasteiger partial charge in [-0.05, 0) is 37.6 Å². The Morgan fingerprint density at radius 2 is 1.89 bits per heavy atom. The van der Waals surface area contributed by atoms with Crippen LogP contribution in [0.2, 0.25) is 0 Å². The predicted molar refractivity (Wildman–Crippen MR) is 106 cm³/mol. The maximum atomic E-state index is 12.4. The molecule has 3 aromatic rings.